The van der Waals surface area contributed by atoms with E-state index < -0.39 is 97.5 Å². The molecule has 582 valence electrons. The molecule has 2 unspecified atom stereocenters. The number of hydrogen-bond acceptors (Lipinski definition) is 15. The van der Waals surface area contributed by atoms with Crippen molar-refractivity contribution in [2.24, 2.45) is 17.8 Å². The Hall–Kier alpha value is -1.94. The van der Waals surface area contributed by atoms with Crippen molar-refractivity contribution >= 4 is 39.5 Å². The lowest BCUT2D eigenvalue weighted by molar-refractivity contribution is -0.161. The predicted molar refractivity (Wildman–Crippen MR) is 400 cm³/mol. The van der Waals surface area contributed by atoms with E-state index in [0.717, 1.165) is 108 Å². The molecule has 0 heterocycles. The van der Waals surface area contributed by atoms with Gasteiger partial charge in [-0.2, -0.15) is 0 Å². The van der Waals surface area contributed by atoms with E-state index in [2.05, 4.69) is 48.5 Å². The summed E-state index contributed by atoms with van der Waals surface area (Å²) in [6, 6.07) is 0. The summed E-state index contributed by atoms with van der Waals surface area (Å²) in [7, 11) is -9.92. The highest BCUT2D eigenvalue weighted by molar-refractivity contribution is 7.47. The number of ether oxygens (including phenoxy) is 4. The molecule has 5 atom stereocenters. The molecule has 0 radical (unpaired) electrons. The maximum absolute atomic E-state index is 13.1. The van der Waals surface area contributed by atoms with Crippen LogP contribution in [0.2, 0.25) is 0 Å². The molecule has 0 saturated heterocycles. The molecule has 98 heavy (non-hydrogen) atoms. The minimum absolute atomic E-state index is 0.106. The average Bonchev–Trinajstić information content (AvgIpc) is 0.935. The fourth-order valence-corrected chi connectivity index (χ4v) is 13.7. The smallest absolute Gasteiger partial charge is 0.462 e. The lowest BCUT2D eigenvalue weighted by atomic mass is 10.0. The van der Waals surface area contributed by atoms with Crippen molar-refractivity contribution in [3.63, 3.8) is 0 Å². The summed E-state index contributed by atoms with van der Waals surface area (Å²) in [6.45, 7) is 11.9. The second kappa shape index (κ2) is 69.4. The Kier molecular flexibility index (Phi) is 68.1. The maximum Gasteiger partial charge on any atom is 0.472 e. The van der Waals surface area contributed by atoms with Crippen LogP contribution in [-0.4, -0.2) is 96.7 Å². The lowest BCUT2D eigenvalue weighted by Gasteiger charge is -2.21. The first-order valence-electron chi connectivity index (χ1n) is 40.8. The fourth-order valence-electron chi connectivity index (χ4n) is 12.1. The van der Waals surface area contributed by atoms with Crippen LogP contribution in [0, 0.1) is 17.8 Å². The Balaban J connectivity index is 5.23. The lowest BCUT2D eigenvalue weighted by Crippen LogP contribution is -2.30. The van der Waals surface area contributed by atoms with Crippen molar-refractivity contribution in [3.8, 4) is 0 Å². The molecule has 17 nitrogen and oxygen atoms in total. The van der Waals surface area contributed by atoms with E-state index >= 15 is 0 Å². The largest absolute Gasteiger partial charge is 0.472 e. The highest BCUT2D eigenvalue weighted by Crippen LogP contribution is 2.45. The van der Waals surface area contributed by atoms with E-state index in [9.17, 15) is 43.2 Å². The van der Waals surface area contributed by atoms with Gasteiger partial charge in [0.15, 0.2) is 12.2 Å². The monoisotopic (exact) mass is 1440 g/mol. The summed E-state index contributed by atoms with van der Waals surface area (Å²) in [6.07, 6.45) is 57.0. The molecule has 0 fully saturated rings. The van der Waals surface area contributed by atoms with Crippen LogP contribution in [0.3, 0.4) is 0 Å². The van der Waals surface area contributed by atoms with Gasteiger partial charge < -0.3 is 33.8 Å². The van der Waals surface area contributed by atoms with Crippen molar-refractivity contribution in [2.75, 3.05) is 39.6 Å². The molecular formula is C79H154O17P2. The molecule has 0 aromatic rings. The Labute approximate surface area is 600 Å². The van der Waals surface area contributed by atoms with Crippen molar-refractivity contribution in [1.82, 2.24) is 0 Å². The molecule has 0 aromatic heterocycles. The minimum Gasteiger partial charge on any atom is -0.462 e. The SMILES string of the molecule is CCCCCCCCCCCCCCCCCCCC(=O)O[C@H](COC(=O)CCCCCCCCCCCCCCCC(C)C)COP(=O)(O)OC[C@@H](O)COP(=O)(O)OC[C@@H](COC(=O)CCCCCCCCC(C)C)OC(=O)CCCCCCCCCCCCCCCC(C)C. The van der Waals surface area contributed by atoms with E-state index in [1.165, 1.54) is 212 Å². The van der Waals surface area contributed by atoms with Gasteiger partial charge in [0, 0.05) is 25.7 Å². The van der Waals surface area contributed by atoms with Crippen LogP contribution in [0.1, 0.15) is 408 Å². The minimum atomic E-state index is -4.96. The Bertz CT molecular complexity index is 1900. The summed E-state index contributed by atoms with van der Waals surface area (Å²) in [5.74, 6) is 0.143. The Morgan fingerprint density at radius 1 is 0.276 bits per heavy atom. The van der Waals surface area contributed by atoms with E-state index in [1.54, 1.807) is 0 Å². The van der Waals surface area contributed by atoms with Gasteiger partial charge in [-0.3, -0.25) is 37.3 Å². The highest BCUT2D eigenvalue weighted by atomic mass is 31.2. The van der Waals surface area contributed by atoms with Gasteiger partial charge in [-0.15, -0.1) is 0 Å². The Morgan fingerprint density at radius 2 is 0.469 bits per heavy atom. The van der Waals surface area contributed by atoms with Gasteiger partial charge in [0.2, 0.25) is 0 Å². The third-order valence-corrected chi connectivity index (χ3v) is 20.3. The van der Waals surface area contributed by atoms with E-state index in [-0.39, 0.29) is 25.7 Å². The number of carbonyl (C=O) groups excluding carboxylic acids is 4. The zero-order chi connectivity index (χ0) is 72.3. The number of aliphatic hydroxyl groups excluding tert-OH is 1. The molecule has 0 saturated carbocycles. The van der Waals surface area contributed by atoms with Crippen LogP contribution in [0.4, 0.5) is 0 Å². The zero-order valence-electron chi connectivity index (χ0n) is 64.3. The normalized spacial score (nSPS) is 14.0. The number of aliphatic hydroxyl groups is 1. The molecule has 19 heteroatoms. The van der Waals surface area contributed by atoms with Crippen LogP contribution in [-0.2, 0) is 65.4 Å². The van der Waals surface area contributed by atoms with Crippen molar-refractivity contribution in [2.45, 2.75) is 426 Å². The summed E-state index contributed by atoms with van der Waals surface area (Å²) in [4.78, 5) is 72.9. The number of hydrogen-bond donors (Lipinski definition) is 3. The van der Waals surface area contributed by atoms with Gasteiger partial charge >= 0.3 is 39.5 Å². The molecule has 0 bridgehead atoms. The van der Waals surface area contributed by atoms with E-state index in [1.807, 2.05) is 0 Å². The van der Waals surface area contributed by atoms with Crippen LogP contribution in [0.25, 0.3) is 0 Å². The molecule has 0 aromatic carbocycles. The van der Waals surface area contributed by atoms with Crippen LogP contribution >= 0.6 is 15.6 Å². The first-order valence-corrected chi connectivity index (χ1v) is 43.8. The molecule has 0 aliphatic carbocycles. The number of esters is 4. The molecule has 0 aliphatic rings. The molecular weight excluding hydrogens is 1280 g/mol. The number of unbranched alkanes of at least 4 members (excludes halogenated alkanes) is 45. The number of carbonyl (C=O) groups is 4. The molecule has 3 N–H and O–H groups in total. The third-order valence-electron chi connectivity index (χ3n) is 18.4. The first kappa shape index (κ1) is 96.1. The summed E-state index contributed by atoms with van der Waals surface area (Å²) in [5.41, 5.74) is 0. The van der Waals surface area contributed by atoms with Crippen LogP contribution in [0.15, 0.2) is 0 Å². The highest BCUT2D eigenvalue weighted by Gasteiger charge is 2.30. The molecule has 0 aliphatic heterocycles. The standard InChI is InChI=1S/C79H154O17P2/c1-8-9-10-11-12-13-14-15-16-17-18-23-29-34-39-48-55-62-78(83)95-74(66-89-76(81)60-53-46-38-33-28-24-19-21-26-31-36-43-50-57-70(2)3)68-93-97(85,86)91-64-73(80)65-92-98(87,88)94-69-75(67-90-77(82)61-54-47-42-41-45-52-59-72(6)7)96-79(84)63-56-49-40-35-30-25-20-22-27-32-37-44-51-58-71(4)5/h70-75,80H,8-69H2,1-7H3,(H,85,86)(H,87,88)/t73-,74-,75-/m1/s1. The van der Waals surface area contributed by atoms with E-state index in [0.29, 0.717) is 31.6 Å². The van der Waals surface area contributed by atoms with Gasteiger partial charge in [0.1, 0.15) is 19.3 Å². The molecule has 0 spiro atoms. The number of rotatable bonds is 77. The van der Waals surface area contributed by atoms with E-state index in [4.69, 9.17) is 37.0 Å². The quantitative estimate of drug-likeness (QED) is 0.0222. The summed E-state index contributed by atoms with van der Waals surface area (Å²) >= 11 is 0. The van der Waals surface area contributed by atoms with Gasteiger partial charge in [-0.05, 0) is 43.4 Å². The van der Waals surface area contributed by atoms with Gasteiger partial charge in [-0.1, -0.05) is 357 Å². The Morgan fingerprint density at radius 3 is 0.694 bits per heavy atom. The van der Waals surface area contributed by atoms with Crippen molar-refractivity contribution in [1.29, 1.82) is 0 Å². The second-order valence-corrected chi connectivity index (χ2v) is 32.8. The zero-order valence-corrected chi connectivity index (χ0v) is 66.0. The van der Waals surface area contributed by atoms with Crippen molar-refractivity contribution < 1.29 is 80.2 Å². The predicted octanol–water partition coefficient (Wildman–Crippen LogP) is 23.4. The van der Waals surface area contributed by atoms with Crippen molar-refractivity contribution in [3.05, 3.63) is 0 Å². The number of phosphoric ester groups is 2. The number of phosphoric acid groups is 2. The molecule has 0 amide bonds. The fraction of sp³-hybridized carbons (Fsp3) is 0.949. The molecule has 0 rings (SSSR count). The van der Waals surface area contributed by atoms with Gasteiger partial charge in [-0.25, -0.2) is 9.13 Å². The summed E-state index contributed by atoms with van der Waals surface area (Å²) in [5, 5.41) is 10.6. The van der Waals surface area contributed by atoms with Gasteiger partial charge in [0.05, 0.1) is 26.4 Å². The first-order chi connectivity index (χ1) is 47.2. The summed E-state index contributed by atoms with van der Waals surface area (Å²) < 4.78 is 68.6. The average molecular weight is 1440 g/mol. The topological polar surface area (TPSA) is 237 Å². The van der Waals surface area contributed by atoms with Gasteiger partial charge in [0.25, 0.3) is 0 Å². The second-order valence-electron chi connectivity index (χ2n) is 29.9. The van der Waals surface area contributed by atoms with Crippen LogP contribution in [0.5, 0.6) is 0 Å². The maximum atomic E-state index is 13.1. The van der Waals surface area contributed by atoms with Crippen LogP contribution < -0.4 is 0 Å². The third kappa shape index (κ3) is 72.4.